The topological polar surface area (TPSA) is 61.2 Å². The molecule has 27 heavy (non-hydrogen) atoms. The number of hydrogen-bond acceptors (Lipinski definition) is 6. The van der Waals surface area contributed by atoms with Gasteiger partial charge in [-0.05, 0) is 37.3 Å². The van der Waals surface area contributed by atoms with E-state index >= 15 is 0 Å². The first-order valence-electron chi connectivity index (χ1n) is 8.28. The fourth-order valence-corrected chi connectivity index (χ4v) is 3.23. The molecule has 0 aliphatic heterocycles. The summed E-state index contributed by atoms with van der Waals surface area (Å²) >= 11 is 1.50. The zero-order chi connectivity index (χ0) is 19.2. The number of nitrogens with zero attached hydrogens (tertiary/aromatic N) is 3. The highest BCUT2D eigenvalue weighted by Crippen LogP contribution is 2.33. The highest BCUT2D eigenvalue weighted by molar-refractivity contribution is 7.07. The average Bonchev–Trinajstić information content (AvgIpc) is 3.33. The van der Waals surface area contributed by atoms with Crippen molar-refractivity contribution in [2.24, 2.45) is 10.1 Å². The van der Waals surface area contributed by atoms with E-state index in [0.717, 1.165) is 33.1 Å². The number of furan rings is 1. The Morgan fingerprint density at radius 2 is 2.15 bits per heavy atom. The quantitative estimate of drug-likeness (QED) is 0.454. The van der Waals surface area contributed by atoms with Crippen LogP contribution < -0.4 is 14.3 Å². The van der Waals surface area contributed by atoms with Crippen molar-refractivity contribution in [2.75, 3.05) is 20.8 Å². The summed E-state index contributed by atoms with van der Waals surface area (Å²) in [5.74, 6) is 2.11. The van der Waals surface area contributed by atoms with E-state index in [1.807, 2.05) is 42.6 Å². The Morgan fingerprint density at radius 3 is 2.81 bits per heavy atom. The molecule has 2 aromatic heterocycles. The van der Waals surface area contributed by atoms with Gasteiger partial charge in [0, 0.05) is 10.9 Å². The summed E-state index contributed by atoms with van der Waals surface area (Å²) in [4.78, 5) is 5.37. The highest BCUT2D eigenvalue weighted by atomic mass is 32.1. The lowest BCUT2D eigenvalue weighted by atomic mass is 10.1. The molecule has 0 aliphatic rings. The number of aromatic nitrogens is 1. The fourth-order valence-electron chi connectivity index (χ4n) is 2.40. The molecule has 0 aliphatic carbocycles. The van der Waals surface area contributed by atoms with Gasteiger partial charge in [-0.3, -0.25) is 4.99 Å². The van der Waals surface area contributed by atoms with Gasteiger partial charge in [-0.25, -0.2) is 4.68 Å². The lowest BCUT2D eigenvalue weighted by molar-refractivity contribution is 0.404. The zero-order valence-corrected chi connectivity index (χ0v) is 16.3. The minimum Gasteiger partial charge on any atom is -0.497 e. The van der Waals surface area contributed by atoms with Gasteiger partial charge in [0.25, 0.3) is 0 Å². The van der Waals surface area contributed by atoms with E-state index in [1.165, 1.54) is 11.3 Å². The van der Waals surface area contributed by atoms with Gasteiger partial charge in [-0.2, -0.15) is 5.10 Å². The van der Waals surface area contributed by atoms with E-state index < -0.39 is 0 Å². The van der Waals surface area contributed by atoms with E-state index in [4.69, 9.17) is 13.9 Å². The number of hydrogen-bond donors (Lipinski definition) is 0. The molecule has 0 N–H and O–H groups in total. The molecule has 0 unspecified atom stereocenters. The Labute approximate surface area is 161 Å². The summed E-state index contributed by atoms with van der Waals surface area (Å²) in [5.41, 5.74) is 2.69. The van der Waals surface area contributed by atoms with Gasteiger partial charge in [0.05, 0.1) is 38.9 Å². The largest absolute Gasteiger partial charge is 0.497 e. The summed E-state index contributed by atoms with van der Waals surface area (Å²) in [6.07, 6.45) is 3.26. The van der Waals surface area contributed by atoms with Crippen LogP contribution in [0, 0.1) is 0 Å². The van der Waals surface area contributed by atoms with E-state index in [0.29, 0.717) is 12.3 Å². The molecule has 7 heteroatoms. The summed E-state index contributed by atoms with van der Waals surface area (Å²) in [6, 6.07) is 9.31. The highest BCUT2D eigenvalue weighted by Gasteiger charge is 2.14. The Bertz CT molecular complexity index is 1010. The molecule has 6 nitrogen and oxygen atoms in total. The second-order valence-electron chi connectivity index (χ2n) is 5.81. The molecule has 0 amide bonds. The lowest BCUT2D eigenvalue weighted by Crippen LogP contribution is -2.13. The Balaban J connectivity index is 2.15. The van der Waals surface area contributed by atoms with Crippen LogP contribution in [0.5, 0.6) is 11.5 Å². The minimum absolute atomic E-state index is 0.533. The monoisotopic (exact) mass is 383 g/mol. The summed E-state index contributed by atoms with van der Waals surface area (Å²) in [7, 11) is 3.27. The molecule has 0 atom stereocenters. The minimum atomic E-state index is 0.533. The van der Waals surface area contributed by atoms with Crippen LogP contribution in [0.4, 0.5) is 0 Å². The van der Waals surface area contributed by atoms with Crippen LogP contribution in [0.2, 0.25) is 0 Å². The molecule has 3 aromatic rings. The van der Waals surface area contributed by atoms with Crippen molar-refractivity contribution in [3.05, 3.63) is 64.7 Å². The molecular formula is C20H21N3O3S. The second-order valence-corrected chi connectivity index (χ2v) is 6.65. The second kappa shape index (κ2) is 8.55. The number of thiazole rings is 1. The maximum atomic E-state index is 5.53. The third-order valence-corrected chi connectivity index (χ3v) is 4.55. The molecule has 140 valence electrons. The van der Waals surface area contributed by atoms with Crippen molar-refractivity contribution in [2.45, 2.75) is 6.92 Å². The van der Waals surface area contributed by atoms with Crippen molar-refractivity contribution in [1.82, 2.24) is 4.68 Å². The Kier molecular flexibility index (Phi) is 5.93. The summed E-state index contributed by atoms with van der Waals surface area (Å²) < 4.78 is 18.0. The van der Waals surface area contributed by atoms with Crippen LogP contribution >= 0.6 is 11.3 Å². The number of methoxy groups -OCH3 is 2. The molecule has 0 spiro atoms. The molecule has 0 radical (unpaired) electrons. The molecule has 3 rings (SSSR count). The van der Waals surface area contributed by atoms with Crippen LogP contribution in [0.1, 0.15) is 12.7 Å². The molecule has 0 bridgehead atoms. The Hall–Kier alpha value is -3.06. The van der Waals surface area contributed by atoms with Gasteiger partial charge in [0.1, 0.15) is 17.3 Å². The number of rotatable bonds is 7. The summed E-state index contributed by atoms with van der Waals surface area (Å²) in [5, 5.41) is 6.58. The molecule has 1 aromatic carbocycles. The molecule has 2 heterocycles. The predicted octanol–water partition coefficient (Wildman–Crippen LogP) is 4.19. The Morgan fingerprint density at radius 1 is 1.30 bits per heavy atom. The fraction of sp³-hybridized carbons (Fsp3) is 0.200. The zero-order valence-electron chi connectivity index (χ0n) is 15.5. The van der Waals surface area contributed by atoms with Gasteiger partial charge in [0.2, 0.25) is 4.80 Å². The maximum absolute atomic E-state index is 5.53. The smallest absolute Gasteiger partial charge is 0.206 e. The van der Waals surface area contributed by atoms with Gasteiger partial charge in [-0.1, -0.05) is 12.2 Å². The first kappa shape index (κ1) is 18.7. The molecule has 0 fully saturated rings. The normalized spacial score (nSPS) is 11.9. The van der Waals surface area contributed by atoms with Crippen molar-refractivity contribution >= 4 is 17.6 Å². The van der Waals surface area contributed by atoms with Gasteiger partial charge in [-0.15, -0.1) is 11.3 Å². The van der Waals surface area contributed by atoms with Crippen molar-refractivity contribution < 1.29 is 13.9 Å². The van der Waals surface area contributed by atoms with Crippen LogP contribution in [-0.2, 0) is 0 Å². The lowest BCUT2D eigenvalue weighted by Gasteiger charge is -2.11. The summed E-state index contributed by atoms with van der Waals surface area (Å²) in [6.45, 7) is 6.39. The molecular weight excluding hydrogens is 362 g/mol. The molecule has 0 saturated carbocycles. The van der Waals surface area contributed by atoms with Gasteiger partial charge >= 0.3 is 0 Å². The number of ether oxygens (including phenoxy) is 2. The maximum Gasteiger partial charge on any atom is 0.206 e. The third-order valence-electron chi connectivity index (χ3n) is 3.70. The van der Waals surface area contributed by atoms with E-state index in [-0.39, 0.29) is 0 Å². The van der Waals surface area contributed by atoms with E-state index in [1.54, 1.807) is 31.4 Å². The van der Waals surface area contributed by atoms with Crippen LogP contribution in [0.25, 0.3) is 11.3 Å². The van der Waals surface area contributed by atoms with Crippen molar-refractivity contribution in [3.63, 3.8) is 0 Å². The molecule has 0 saturated heterocycles. The van der Waals surface area contributed by atoms with Crippen LogP contribution in [-0.4, -0.2) is 31.7 Å². The SMILES string of the molecule is C=C(C)CN=c1scc(-c2cc(OC)ccc2OC)n1N=Cc1ccco1. The van der Waals surface area contributed by atoms with E-state index in [9.17, 15) is 0 Å². The van der Waals surface area contributed by atoms with Crippen LogP contribution in [0.3, 0.4) is 0 Å². The first-order chi connectivity index (χ1) is 13.1. The number of benzene rings is 1. The predicted molar refractivity (Wildman–Crippen MR) is 108 cm³/mol. The van der Waals surface area contributed by atoms with E-state index in [2.05, 4.69) is 16.7 Å². The standard InChI is InChI=1S/C20H21N3O3S/c1-14(2)11-21-20-23(22-12-16-6-5-9-26-16)18(13-27-20)17-10-15(24-3)7-8-19(17)25-4/h5-10,12-13H,1,11H2,2-4H3. The van der Waals surface area contributed by atoms with Crippen LogP contribution in [0.15, 0.2) is 68.6 Å². The van der Waals surface area contributed by atoms with Crippen molar-refractivity contribution in [1.29, 1.82) is 0 Å². The van der Waals surface area contributed by atoms with Crippen molar-refractivity contribution in [3.8, 4) is 22.8 Å². The van der Waals surface area contributed by atoms with Gasteiger partial charge in [0.15, 0.2) is 0 Å². The third kappa shape index (κ3) is 4.38. The average molecular weight is 383 g/mol. The van der Waals surface area contributed by atoms with Gasteiger partial charge < -0.3 is 13.9 Å². The first-order valence-corrected chi connectivity index (χ1v) is 9.16.